The van der Waals surface area contributed by atoms with Gasteiger partial charge in [-0.2, -0.15) is 0 Å². The number of rotatable bonds is 3. The second-order valence-electron chi connectivity index (χ2n) is 12.0. The zero-order valence-corrected chi connectivity index (χ0v) is 25.2. The summed E-state index contributed by atoms with van der Waals surface area (Å²) in [6.07, 6.45) is 5.61. The third-order valence-electron chi connectivity index (χ3n) is 9.39. The van der Waals surface area contributed by atoms with Crippen LogP contribution in [0, 0.1) is 0 Å². The number of hydrogen-bond acceptors (Lipinski definition) is 4. The molecular weight excluding hydrogens is 574 g/mol. The summed E-state index contributed by atoms with van der Waals surface area (Å²) < 4.78 is 6.49. The summed E-state index contributed by atoms with van der Waals surface area (Å²) in [7, 11) is 0. The Bertz CT molecular complexity index is 2780. The van der Waals surface area contributed by atoms with Crippen LogP contribution in [-0.2, 0) is 0 Å². The normalized spacial score (nSPS) is 11.8. The van der Waals surface area contributed by atoms with E-state index in [1.165, 1.54) is 32.7 Å². The molecule has 4 aromatic heterocycles. The van der Waals surface area contributed by atoms with E-state index in [9.17, 15) is 0 Å². The van der Waals surface area contributed by atoms with Crippen molar-refractivity contribution in [1.29, 1.82) is 0 Å². The number of benzene rings is 6. The van der Waals surface area contributed by atoms with Crippen LogP contribution >= 0.6 is 0 Å². The van der Waals surface area contributed by atoms with Crippen molar-refractivity contribution in [2.45, 2.75) is 0 Å². The fourth-order valence-corrected chi connectivity index (χ4v) is 7.36. The standard InChI is InChI=1S/C43H25N3O/c1-3-13-32-30(11-1)38(31-12-2-4-14-33(31)39(32)28-9-7-23-44-25-28)26-17-19-27(20-18-26)41-35-22-21-34-29-10-5-6-16-37(29)47-43(34)40(35)42-36(46-41)15-8-24-45-42/h1-25H. The monoisotopic (exact) mass is 599 g/mol. The molecule has 4 heteroatoms. The maximum atomic E-state index is 6.49. The topological polar surface area (TPSA) is 51.8 Å². The Morgan fingerprint density at radius 2 is 1.06 bits per heavy atom. The van der Waals surface area contributed by atoms with Crippen LogP contribution in [0.25, 0.3) is 98.8 Å². The molecule has 0 aliphatic rings. The van der Waals surface area contributed by atoms with Crippen molar-refractivity contribution in [3.8, 4) is 33.5 Å². The Morgan fingerprint density at radius 3 is 1.77 bits per heavy atom. The van der Waals surface area contributed by atoms with Crippen LogP contribution in [0.3, 0.4) is 0 Å². The van der Waals surface area contributed by atoms with Crippen molar-refractivity contribution in [2.75, 3.05) is 0 Å². The molecule has 10 aromatic rings. The molecule has 0 saturated carbocycles. The smallest absolute Gasteiger partial charge is 0.145 e. The SMILES string of the molecule is c1cncc(-c2c3ccccc3c(-c3ccc(-c4nc5cccnc5c5c4ccc4c6ccccc6oc45)cc3)c3ccccc23)c1. The second kappa shape index (κ2) is 10.1. The van der Waals surface area contributed by atoms with Crippen molar-refractivity contribution in [2.24, 2.45) is 0 Å². The maximum absolute atomic E-state index is 6.49. The van der Waals surface area contributed by atoms with E-state index in [-0.39, 0.29) is 0 Å². The molecule has 10 rings (SSSR count). The van der Waals surface area contributed by atoms with E-state index in [1.54, 1.807) is 0 Å². The Balaban J connectivity index is 1.21. The molecule has 47 heavy (non-hydrogen) atoms. The van der Waals surface area contributed by atoms with E-state index < -0.39 is 0 Å². The largest absolute Gasteiger partial charge is 0.455 e. The van der Waals surface area contributed by atoms with Crippen LogP contribution < -0.4 is 0 Å². The van der Waals surface area contributed by atoms with Gasteiger partial charge < -0.3 is 4.42 Å². The molecule has 4 heterocycles. The lowest BCUT2D eigenvalue weighted by Crippen LogP contribution is -1.93. The van der Waals surface area contributed by atoms with Crippen LogP contribution in [0.4, 0.5) is 0 Å². The van der Waals surface area contributed by atoms with E-state index in [0.717, 1.165) is 66.1 Å². The molecule has 218 valence electrons. The molecule has 0 saturated heterocycles. The molecule has 0 spiro atoms. The molecule has 0 aliphatic carbocycles. The van der Waals surface area contributed by atoms with Gasteiger partial charge >= 0.3 is 0 Å². The number of para-hydroxylation sites is 1. The predicted octanol–water partition coefficient (Wildman–Crippen LogP) is 11.4. The maximum Gasteiger partial charge on any atom is 0.145 e. The first kappa shape index (κ1) is 25.9. The van der Waals surface area contributed by atoms with Gasteiger partial charge in [0.15, 0.2) is 0 Å². The zero-order chi connectivity index (χ0) is 30.9. The van der Waals surface area contributed by atoms with Gasteiger partial charge in [-0.15, -0.1) is 0 Å². The highest BCUT2D eigenvalue weighted by Crippen LogP contribution is 2.44. The number of fused-ring (bicyclic) bond motifs is 9. The molecule has 0 unspecified atom stereocenters. The minimum absolute atomic E-state index is 0.843. The molecule has 0 N–H and O–H groups in total. The van der Waals surface area contributed by atoms with Gasteiger partial charge in [0.25, 0.3) is 0 Å². The van der Waals surface area contributed by atoms with Gasteiger partial charge in [-0.3, -0.25) is 9.97 Å². The summed E-state index contributed by atoms with van der Waals surface area (Å²) in [5.74, 6) is 0. The van der Waals surface area contributed by atoms with E-state index in [0.29, 0.717) is 0 Å². The van der Waals surface area contributed by atoms with Crippen molar-refractivity contribution in [1.82, 2.24) is 15.0 Å². The molecule has 0 aliphatic heterocycles. The first-order chi connectivity index (χ1) is 23.3. The van der Waals surface area contributed by atoms with Crippen molar-refractivity contribution in [3.05, 3.63) is 152 Å². The van der Waals surface area contributed by atoms with Crippen molar-refractivity contribution < 1.29 is 4.42 Å². The van der Waals surface area contributed by atoms with Gasteiger partial charge in [0.1, 0.15) is 16.7 Å². The molecule has 0 atom stereocenters. The van der Waals surface area contributed by atoms with Gasteiger partial charge in [-0.1, -0.05) is 103 Å². The summed E-state index contributed by atoms with van der Waals surface area (Å²) in [6.45, 7) is 0. The minimum atomic E-state index is 0.843. The zero-order valence-electron chi connectivity index (χ0n) is 25.2. The van der Waals surface area contributed by atoms with Crippen LogP contribution in [0.5, 0.6) is 0 Å². The fraction of sp³-hybridized carbons (Fsp3) is 0. The second-order valence-corrected chi connectivity index (χ2v) is 12.0. The Labute approximate surface area is 269 Å². The molecule has 0 radical (unpaired) electrons. The molecule has 6 aromatic carbocycles. The Kier molecular flexibility index (Phi) is 5.54. The summed E-state index contributed by atoms with van der Waals surface area (Å²) >= 11 is 0. The van der Waals surface area contributed by atoms with Crippen LogP contribution in [-0.4, -0.2) is 15.0 Å². The number of nitrogens with zero attached hydrogens (tertiary/aromatic N) is 3. The van der Waals surface area contributed by atoms with Crippen LogP contribution in [0.2, 0.25) is 0 Å². The van der Waals surface area contributed by atoms with E-state index >= 15 is 0 Å². The molecule has 0 bridgehead atoms. The van der Waals surface area contributed by atoms with Crippen LogP contribution in [0.1, 0.15) is 0 Å². The van der Waals surface area contributed by atoms with E-state index in [2.05, 4.69) is 108 Å². The van der Waals surface area contributed by atoms with Gasteiger partial charge in [-0.05, 0) is 68.6 Å². The molecule has 0 fully saturated rings. The summed E-state index contributed by atoms with van der Waals surface area (Å²) in [5, 5.41) is 9.05. The van der Waals surface area contributed by atoms with Crippen LogP contribution in [0.15, 0.2) is 156 Å². The van der Waals surface area contributed by atoms with Gasteiger partial charge in [-0.25, -0.2) is 4.98 Å². The van der Waals surface area contributed by atoms with Crippen molar-refractivity contribution >= 4 is 65.3 Å². The molecular formula is C43H25N3O. The summed E-state index contributed by atoms with van der Waals surface area (Å²) in [4.78, 5) is 14.4. The Hall–Kier alpha value is -6.39. The van der Waals surface area contributed by atoms with Crippen molar-refractivity contribution in [3.63, 3.8) is 0 Å². The highest BCUT2D eigenvalue weighted by atomic mass is 16.3. The molecule has 0 amide bonds. The predicted molar refractivity (Wildman–Crippen MR) is 193 cm³/mol. The Morgan fingerprint density at radius 1 is 0.447 bits per heavy atom. The average Bonchev–Trinajstić information content (AvgIpc) is 3.53. The lowest BCUT2D eigenvalue weighted by Gasteiger charge is -2.17. The number of furan rings is 1. The summed E-state index contributed by atoms with van der Waals surface area (Å²) in [5.41, 5.74) is 10.1. The fourth-order valence-electron chi connectivity index (χ4n) is 7.36. The van der Waals surface area contributed by atoms with E-state index in [4.69, 9.17) is 14.4 Å². The van der Waals surface area contributed by atoms with Gasteiger partial charge in [0, 0.05) is 45.9 Å². The summed E-state index contributed by atoms with van der Waals surface area (Å²) in [6, 6.07) is 46.9. The first-order valence-electron chi connectivity index (χ1n) is 15.8. The number of hydrogen-bond donors (Lipinski definition) is 0. The highest BCUT2D eigenvalue weighted by Gasteiger charge is 2.19. The number of pyridine rings is 3. The lowest BCUT2D eigenvalue weighted by molar-refractivity contribution is 0.673. The third-order valence-corrected chi connectivity index (χ3v) is 9.39. The first-order valence-corrected chi connectivity index (χ1v) is 15.8. The highest BCUT2D eigenvalue weighted by molar-refractivity contribution is 6.24. The number of aromatic nitrogens is 3. The lowest BCUT2D eigenvalue weighted by atomic mass is 9.86. The van der Waals surface area contributed by atoms with Gasteiger partial charge in [0.2, 0.25) is 0 Å². The van der Waals surface area contributed by atoms with Gasteiger partial charge in [0.05, 0.1) is 16.6 Å². The minimum Gasteiger partial charge on any atom is -0.455 e. The molecule has 4 nitrogen and oxygen atoms in total. The average molecular weight is 600 g/mol. The van der Waals surface area contributed by atoms with E-state index in [1.807, 2.05) is 48.9 Å². The quantitative estimate of drug-likeness (QED) is 0.150. The third kappa shape index (κ3) is 3.85.